The third-order valence-electron chi connectivity index (χ3n) is 3.83. The number of anilines is 2. The van der Waals surface area contributed by atoms with E-state index >= 15 is 0 Å². The Morgan fingerprint density at radius 1 is 0.958 bits per heavy atom. The Balaban J connectivity index is 1.77. The third kappa shape index (κ3) is 2.72. The van der Waals surface area contributed by atoms with Gasteiger partial charge in [0.2, 0.25) is 5.95 Å². The van der Waals surface area contributed by atoms with Gasteiger partial charge in [-0.1, -0.05) is 29.8 Å². The van der Waals surface area contributed by atoms with E-state index in [1.165, 1.54) is 5.56 Å². The highest BCUT2D eigenvalue weighted by atomic mass is 15.4. The largest absolute Gasteiger partial charge is 0.323 e. The molecule has 118 valence electrons. The Morgan fingerprint density at radius 3 is 2.67 bits per heavy atom. The molecule has 3 aromatic heterocycles. The zero-order valence-corrected chi connectivity index (χ0v) is 13.6. The first-order valence-electron chi connectivity index (χ1n) is 7.81. The normalized spacial score (nSPS) is 10.9. The molecular weight excluding hydrogens is 298 g/mol. The number of nitrogens with one attached hydrogen (secondary N) is 1. The average Bonchev–Trinajstić information content (AvgIpc) is 2.97. The summed E-state index contributed by atoms with van der Waals surface area (Å²) in [6.07, 6.45) is 1.77. The summed E-state index contributed by atoms with van der Waals surface area (Å²) in [4.78, 5) is 8.77. The molecule has 5 nitrogen and oxygen atoms in total. The van der Waals surface area contributed by atoms with Crippen molar-refractivity contribution in [3.63, 3.8) is 0 Å². The maximum atomic E-state index is 4.62. The van der Waals surface area contributed by atoms with E-state index in [2.05, 4.69) is 57.6 Å². The number of benzene rings is 1. The van der Waals surface area contributed by atoms with Crippen LogP contribution in [0.3, 0.4) is 0 Å². The molecule has 1 N–H and O–H groups in total. The highest BCUT2D eigenvalue weighted by Gasteiger charge is 2.09. The predicted molar refractivity (Wildman–Crippen MR) is 95.4 cm³/mol. The fourth-order valence-corrected chi connectivity index (χ4v) is 2.73. The smallest absolute Gasteiger partial charge is 0.247 e. The van der Waals surface area contributed by atoms with Gasteiger partial charge in [-0.3, -0.25) is 4.98 Å². The molecule has 0 atom stereocenters. The van der Waals surface area contributed by atoms with Gasteiger partial charge in [0.1, 0.15) is 0 Å². The lowest BCUT2D eigenvalue weighted by Gasteiger charge is -2.05. The minimum absolute atomic E-state index is 0.570. The third-order valence-corrected chi connectivity index (χ3v) is 3.83. The van der Waals surface area contributed by atoms with Crippen LogP contribution in [-0.2, 0) is 0 Å². The number of rotatable bonds is 3. The first kappa shape index (κ1) is 14.4. The molecule has 0 amide bonds. The molecule has 0 radical (unpaired) electrons. The van der Waals surface area contributed by atoms with Crippen molar-refractivity contribution in [2.45, 2.75) is 13.8 Å². The molecular formula is C19H17N5. The van der Waals surface area contributed by atoms with Gasteiger partial charge in [-0.05, 0) is 44.2 Å². The molecule has 0 aliphatic heterocycles. The Bertz CT molecular complexity index is 1020. The predicted octanol–water partition coefficient (Wildman–Crippen LogP) is 4.15. The van der Waals surface area contributed by atoms with E-state index in [0.29, 0.717) is 5.95 Å². The van der Waals surface area contributed by atoms with Crippen molar-refractivity contribution in [1.29, 1.82) is 0 Å². The molecule has 1 aromatic carbocycles. The molecule has 0 aliphatic rings. The number of aromatic nitrogens is 4. The van der Waals surface area contributed by atoms with Gasteiger partial charge in [-0.25, -0.2) is 4.52 Å². The van der Waals surface area contributed by atoms with Gasteiger partial charge in [0, 0.05) is 23.1 Å². The number of nitrogens with zero attached hydrogens (tertiary/aromatic N) is 4. The van der Waals surface area contributed by atoms with Crippen LogP contribution < -0.4 is 5.32 Å². The molecule has 0 saturated carbocycles. The molecule has 0 bridgehead atoms. The van der Waals surface area contributed by atoms with Crippen LogP contribution in [-0.4, -0.2) is 19.6 Å². The van der Waals surface area contributed by atoms with Crippen LogP contribution in [0.1, 0.15) is 11.3 Å². The fraction of sp³-hybridized carbons (Fsp3) is 0.105. The second-order valence-electron chi connectivity index (χ2n) is 5.80. The van der Waals surface area contributed by atoms with Crippen molar-refractivity contribution >= 4 is 17.3 Å². The summed E-state index contributed by atoms with van der Waals surface area (Å²) in [6, 6.07) is 18.3. The number of hydrogen-bond donors (Lipinski definition) is 1. The van der Waals surface area contributed by atoms with Crippen molar-refractivity contribution in [2.24, 2.45) is 0 Å². The molecule has 5 heteroatoms. The zero-order chi connectivity index (χ0) is 16.5. The lowest BCUT2D eigenvalue weighted by Crippen LogP contribution is -1.96. The van der Waals surface area contributed by atoms with E-state index in [4.69, 9.17) is 0 Å². The van der Waals surface area contributed by atoms with E-state index in [1.54, 1.807) is 6.20 Å². The SMILES string of the molecule is Cc1cccc(-c2cccc3nc(Nc4ccnc(C)c4)nn23)c1. The first-order chi connectivity index (χ1) is 11.7. The van der Waals surface area contributed by atoms with Crippen LogP contribution in [0.4, 0.5) is 11.6 Å². The number of fused-ring (bicyclic) bond motifs is 1. The number of aryl methyl sites for hydroxylation is 2. The van der Waals surface area contributed by atoms with Crippen LogP contribution in [0.5, 0.6) is 0 Å². The van der Waals surface area contributed by atoms with Gasteiger partial charge < -0.3 is 5.32 Å². The van der Waals surface area contributed by atoms with Gasteiger partial charge in [-0.15, -0.1) is 5.10 Å². The van der Waals surface area contributed by atoms with Gasteiger partial charge in [0.15, 0.2) is 5.65 Å². The van der Waals surface area contributed by atoms with Crippen LogP contribution in [0.25, 0.3) is 16.9 Å². The molecule has 0 aliphatic carbocycles. The Kier molecular flexibility index (Phi) is 3.46. The van der Waals surface area contributed by atoms with E-state index in [-0.39, 0.29) is 0 Å². The maximum Gasteiger partial charge on any atom is 0.247 e. The Morgan fingerprint density at radius 2 is 1.83 bits per heavy atom. The summed E-state index contributed by atoms with van der Waals surface area (Å²) in [5.41, 5.74) is 6.04. The Labute approximate surface area is 140 Å². The van der Waals surface area contributed by atoms with E-state index in [0.717, 1.165) is 28.3 Å². The van der Waals surface area contributed by atoms with Crippen molar-refractivity contribution in [1.82, 2.24) is 19.6 Å². The van der Waals surface area contributed by atoms with Crippen LogP contribution in [0.15, 0.2) is 60.8 Å². The maximum absolute atomic E-state index is 4.62. The highest BCUT2D eigenvalue weighted by molar-refractivity contribution is 5.65. The standard InChI is InChI=1S/C19H17N5/c1-13-5-3-6-15(11-13)17-7-4-8-18-22-19(23-24(17)18)21-16-9-10-20-14(2)12-16/h3-12H,1-2H3,(H,20,21,23). The zero-order valence-electron chi connectivity index (χ0n) is 13.6. The van der Waals surface area contributed by atoms with Crippen LogP contribution >= 0.6 is 0 Å². The van der Waals surface area contributed by atoms with Gasteiger partial charge >= 0.3 is 0 Å². The molecule has 0 saturated heterocycles. The molecule has 24 heavy (non-hydrogen) atoms. The van der Waals surface area contributed by atoms with E-state index in [1.807, 2.05) is 35.7 Å². The van der Waals surface area contributed by atoms with Crippen molar-refractivity contribution < 1.29 is 0 Å². The van der Waals surface area contributed by atoms with Crippen molar-refractivity contribution in [3.8, 4) is 11.3 Å². The minimum atomic E-state index is 0.570. The minimum Gasteiger partial charge on any atom is -0.323 e. The summed E-state index contributed by atoms with van der Waals surface area (Å²) in [7, 11) is 0. The van der Waals surface area contributed by atoms with Crippen LogP contribution in [0.2, 0.25) is 0 Å². The van der Waals surface area contributed by atoms with E-state index < -0.39 is 0 Å². The van der Waals surface area contributed by atoms with Crippen molar-refractivity contribution in [3.05, 3.63) is 72.1 Å². The molecule has 0 unspecified atom stereocenters. The summed E-state index contributed by atoms with van der Waals surface area (Å²) < 4.78 is 1.87. The molecule has 0 spiro atoms. The van der Waals surface area contributed by atoms with Gasteiger partial charge in [-0.2, -0.15) is 4.98 Å². The summed E-state index contributed by atoms with van der Waals surface area (Å²) >= 11 is 0. The van der Waals surface area contributed by atoms with Gasteiger partial charge in [0.25, 0.3) is 0 Å². The Hall–Kier alpha value is -3.21. The topological polar surface area (TPSA) is 55.1 Å². The first-order valence-corrected chi connectivity index (χ1v) is 7.81. The van der Waals surface area contributed by atoms with Crippen LogP contribution in [0, 0.1) is 13.8 Å². The highest BCUT2D eigenvalue weighted by Crippen LogP contribution is 2.22. The second-order valence-corrected chi connectivity index (χ2v) is 5.80. The average molecular weight is 315 g/mol. The summed E-state index contributed by atoms with van der Waals surface area (Å²) in [5, 5.41) is 7.86. The second kappa shape index (κ2) is 5.77. The molecule has 4 aromatic rings. The summed E-state index contributed by atoms with van der Waals surface area (Å²) in [6.45, 7) is 4.04. The molecule has 4 rings (SSSR count). The lowest BCUT2D eigenvalue weighted by atomic mass is 10.1. The quantitative estimate of drug-likeness (QED) is 0.617. The van der Waals surface area contributed by atoms with Crippen molar-refractivity contribution in [2.75, 3.05) is 5.32 Å². The van der Waals surface area contributed by atoms with E-state index in [9.17, 15) is 0 Å². The van der Waals surface area contributed by atoms with Gasteiger partial charge in [0.05, 0.1) is 5.69 Å². The number of pyridine rings is 2. The summed E-state index contributed by atoms with van der Waals surface area (Å²) in [5.74, 6) is 0.570. The molecule has 0 fully saturated rings. The fourth-order valence-electron chi connectivity index (χ4n) is 2.73. The number of hydrogen-bond acceptors (Lipinski definition) is 4. The lowest BCUT2D eigenvalue weighted by molar-refractivity contribution is 0.973. The monoisotopic (exact) mass is 315 g/mol. The molecule has 3 heterocycles.